The summed E-state index contributed by atoms with van der Waals surface area (Å²) in [5.74, 6) is 0.438. The zero-order valence-electron chi connectivity index (χ0n) is 11.7. The Morgan fingerprint density at radius 1 is 1.18 bits per heavy atom. The summed E-state index contributed by atoms with van der Waals surface area (Å²) in [6, 6.07) is 14.7. The third kappa shape index (κ3) is 5.61. The Bertz CT molecular complexity index is 674. The van der Waals surface area contributed by atoms with Crippen LogP contribution in [0.5, 0.6) is 0 Å². The number of amidine groups is 1. The lowest BCUT2D eigenvalue weighted by Gasteiger charge is -2.00. The fourth-order valence-corrected chi connectivity index (χ4v) is 2.68. The van der Waals surface area contributed by atoms with Gasteiger partial charge in [0.15, 0.2) is 5.17 Å². The van der Waals surface area contributed by atoms with Crippen LogP contribution in [-0.2, 0) is 11.1 Å². The highest BCUT2D eigenvalue weighted by Crippen LogP contribution is 2.12. The molecule has 0 aromatic heterocycles. The first-order valence-electron chi connectivity index (χ1n) is 6.56. The van der Waals surface area contributed by atoms with Gasteiger partial charge in [0.05, 0.1) is 6.21 Å². The molecule has 0 aliphatic carbocycles. The average molecular weight is 380 g/mol. The maximum Gasteiger partial charge on any atom is 0.180 e. The normalized spacial score (nSPS) is 12.0. The van der Waals surface area contributed by atoms with Crippen molar-refractivity contribution in [2.45, 2.75) is 11.1 Å². The maximum absolute atomic E-state index is 13.4. The van der Waals surface area contributed by atoms with Gasteiger partial charge in [-0.25, -0.2) is 4.39 Å². The molecular formula is C16H15BrFN3S. The van der Waals surface area contributed by atoms with Crippen molar-refractivity contribution in [3.05, 3.63) is 71.0 Å². The number of alkyl halides is 1. The second-order valence-corrected chi connectivity index (χ2v) is 6.04. The average Bonchev–Trinajstić information content (AvgIpc) is 2.53. The molecule has 2 rings (SSSR count). The number of rotatable bonds is 5. The van der Waals surface area contributed by atoms with Crippen molar-refractivity contribution in [3.8, 4) is 0 Å². The molecule has 0 heterocycles. The van der Waals surface area contributed by atoms with Gasteiger partial charge in [-0.1, -0.05) is 58.0 Å². The summed E-state index contributed by atoms with van der Waals surface area (Å²) in [5, 5.41) is 8.78. The van der Waals surface area contributed by atoms with Crippen LogP contribution in [0.25, 0.3) is 0 Å². The van der Waals surface area contributed by atoms with Crippen LogP contribution >= 0.6 is 27.7 Å². The van der Waals surface area contributed by atoms with Gasteiger partial charge in [0.25, 0.3) is 0 Å². The van der Waals surface area contributed by atoms with E-state index in [1.165, 1.54) is 35.7 Å². The number of nitrogens with zero attached hydrogens (tertiary/aromatic N) is 2. The summed E-state index contributed by atoms with van der Waals surface area (Å²) >= 11 is 4.71. The van der Waals surface area contributed by atoms with Crippen molar-refractivity contribution in [2.24, 2.45) is 15.9 Å². The summed E-state index contributed by atoms with van der Waals surface area (Å²) < 4.78 is 13.4. The van der Waals surface area contributed by atoms with Crippen LogP contribution in [0.15, 0.2) is 58.7 Å². The van der Waals surface area contributed by atoms with E-state index in [0.717, 1.165) is 11.3 Å². The number of nitrogens with two attached hydrogens (primary N) is 1. The topological polar surface area (TPSA) is 50.7 Å². The molecule has 3 nitrogen and oxygen atoms in total. The summed E-state index contributed by atoms with van der Waals surface area (Å²) in [5.41, 5.74) is 8.45. The van der Waals surface area contributed by atoms with Gasteiger partial charge in [-0.15, -0.1) is 5.10 Å². The smallest absolute Gasteiger partial charge is 0.180 e. The molecule has 6 heteroatoms. The van der Waals surface area contributed by atoms with Gasteiger partial charge in [-0.2, -0.15) is 5.10 Å². The highest BCUT2D eigenvalue weighted by Gasteiger charge is 1.99. The second-order valence-electron chi connectivity index (χ2n) is 4.48. The largest absolute Gasteiger partial charge is 0.377 e. The maximum atomic E-state index is 13.4. The number of hydrogen-bond acceptors (Lipinski definition) is 3. The summed E-state index contributed by atoms with van der Waals surface area (Å²) in [4.78, 5) is 0. The minimum atomic E-state index is -0.297. The predicted molar refractivity (Wildman–Crippen MR) is 96.0 cm³/mol. The zero-order chi connectivity index (χ0) is 15.8. The van der Waals surface area contributed by atoms with E-state index in [1.54, 1.807) is 0 Å². The van der Waals surface area contributed by atoms with E-state index >= 15 is 0 Å². The molecular weight excluding hydrogens is 365 g/mol. The van der Waals surface area contributed by atoms with Gasteiger partial charge in [0, 0.05) is 11.1 Å². The molecule has 22 heavy (non-hydrogen) atoms. The van der Waals surface area contributed by atoms with E-state index < -0.39 is 0 Å². The molecule has 2 aromatic rings. The second kappa shape index (κ2) is 8.70. The summed E-state index contributed by atoms with van der Waals surface area (Å²) in [6.07, 6.45) is 1.49. The lowest BCUT2D eigenvalue weighted by Crippen LogP contribution is -2.06. The Labute approximate surface area is 141 Å². The minimum absolute atomic E-state index is 0.297. The number of halogens is 2. The van der Waals surface area contributed by atoms with Crippen LogP contribution < -0.4 is 5.73 Å². The first-order chi connectivity index (χ1) is 10.7. The van der Waals surface area contributed by atoms with Gasteiger partial charge >= 0.3 is 0 Å². The molecule has 0 atom stereocenters. The first kappa shape index (κ1) is 16.7. The van der Waals surface area contributed by atoms with E-state index in [2.05, 4.69) is 26.1 Å². The quantitative estimate of drug-likeness (QED) is 0.364. The Balaban J connectivity index is 1.94. The predicted octanol–water partition coefficient (Wildman–Crippen LogP) is 4.30. The van der Waals surface area contributed by atoms with Gasteiger partial charge in [0.1, 0.15) is 5.82 Å². The highest BCUT2D eigenvalue weighted by atomic mass is 79.9. The SMILES string of the molecule is NC(=NN=Cc1cc(F)cc(CBr)c1)SCc1ccccc1. The Hall–Kier alpha value is -1.66. The van der Waals surface area contributed by atoms with Crippen LogP contribution in [0.3, 0.4) is 0 Å². The molecule has 0 saturated heterocycles. The van der Waals surface area contributed by atoms with Crippen molar-refractivity contribution in [3.63, 3.8) is 0 Å². The third-order valence-electron chi connectivity index (χ3n) is 2.73. The molecule has 114 valence electrons. The van der Waals surface area contributed by atoms with Crippen LogP contribution in [-0.4, -0.2) is 11.4 Å². The molecule has 0 radical (unpaired) electrons. The van der Waals surface area contributed by atoms with E-state index in [9.17, 15) is 4.39 Å². The van der Waals surface area contributed by atoms with Crippen molar-refractivity contribution < 1.29 is 4.39 Å². The van der Waals surface area contributed by atoms with E-state index in [0.29, 0.717) is 16.1 Å². The van der Waals surface area contributed by atoms with Crippen LogP contribution in [0, 0.1) is 5.82 Å². The molecule has 0 amide bonds. The zero-order valence-corrected chi connectivity index (χ0v) is 14.1. The molecule has 0 unspecified atom stereocenters. The number of thioether (sulfide) groups is 1. The fourth-order valence-electron chi connectivity index (χ4n) is 1.74. The Morgan fingerprint density at radius 2 is 1.95 bits per heavy atom. The molecule has 2 aromatic carbocycles. The summed E-state index contributed by atoms with van der Waals surface area (Å²) in [6.45, 7) is 0. The van der Waals surface area contributed by atoms with E-state index in [4.69, 9.17) is 5.73 Å². The number of hydrogen-bond donors (Lipinski definition) is 1. The van der Waals surface area contributed by atoms with E-state index in [-0.39, 0.29) is 5.82 Å². The van der Waals surface area contributed by atoms with Crippen LogP contribution in [0.4, 0.5) is 4.39 Å². The van der Waals surface area contributed by atoms with Gasteiger partial charge in [0.2, 0.25) is 0 Å². The van der Waals surface area contributed by atoms with E-state index in [1.807, 2.05) is 36.4 Å². The lowest BCUT2D eigenvalue weighted by atomic mass is 10.1. The molecule has 0 aliphatic rings. The van der Waals surface area contributed by atoms with Crippen molar-refractivity contribution >= 4 is 39.1 Å². The van der Waals surface area contributed by atoms with Crippen LogP contribution in [0.2, 0.25) is 0 Å². The Kier molecular flexibility index (Phi) is 6.61. The molecule has 0 fully saturated rings. The molecule has 0 saturated carbocycles. The molecule has 2 N–H and O–H groups in total. The van der Waals surface area contributed by atoms with Gasteiger partial charge in [-0.3, -0.25) is 0 Å². The molecule has 0 bridgehead atoms. The minimum Gasteiger partial charge on any atom is -0.377 e. The molecule has 0 aliphatic heterocycles. The van der Waals surface area contributed by atoms with Crippen molar-refractivity contribution in [2.75, 3.05) is 0 Å². The fraction of sp³-hybridized carbons (Fsp3) is 0.125. The van der Waals surface area contributed by atoms with Gasteiger partial charge < -0.3 is 5.73 Å². The van der Waals surface area contributed by atoms with Gasteiger partial charge in [-0.05, 0) is 34.9 Å². The van der Waals surface area contributed by atoms with Crippen molar-refractivity contribution in [1.82, 2.24) is 0 Å². The lowest BCUT2D eigenvalue weighted by molar-refractivity contribution is 0.626. The standard InChI is InChI=1S/C16H15BrFN3S/c17-9-13-6-14(8-15(18)7-13)10-20-21-16(19)22-11-12-4-2-1-3-5-12/h1-8,10H,9,11H2,(H2,19,21). The highest BCUT2D eigenvalue weighted by molar-refractivity contribution is 9.08. The monoisotopic (exact) mass is 379 g/mol. The van der Waals surface area contributed by atoms with Crippen LogP contribution in [0.1, 0.15) is 16.7 Å². The first-order valence-corrected chi connectivity index (χ1v) is 8.67. The molecule has 0 spiro atoms. The number of benzene rings is 2. The third-order valence-corrected chi connectivity index (χ3v) is 4.23. The van der Waals surface area contributed by atoms with Crippen molar-refractivity contribution in [1.29, 1.82) is 0 Å². The Morgan fingerprint density at radius 3 is 2.68 bits per heavy atom. The summed E-state index contributed by atoms with van der Waals surface area (Å²) in [7, 11) is 0.